The molecule has 3 rings (SSSR count). The molecule has 0 spiro atoms. The summed E-state index contributed by atoms with van der Waals surface area (Å²) in [5.74, 6) is 0.707. The highest BCUT2D eigenvalue weighted by atomic mass is 16.6. The lowest BCUT2D eigenvalue weighted by molar-refractivity contribution is -0.384. The maximum absolute atomic E-state index is 10.9. The molecule has 0 aliphatic carbocycles. The summed E-state index contributed by atoms with van der Waals surface area (Å²) in [6, 6.07) is 8.32. The number of aromatic nitrogens is 2. The van der Waals surface area contributed by atoms with E-state index in [1.807, 2.05) is 6.07 Å². The Morgan fingerprint density at radius 3 is 2.71 bits per heavy atom. The molecular weight excluding hydrogens is 268 g/mol. The summed E-state index contributed by atoms with van der Waals surface area (Å²) < 4.78 is 0. The number of nitro benzene ring substituents is 1. The van der Waals surface area contributed by atoms with Crippen molar-refractivity contribution in [1.29, 1.82) is 0 Å². The van der Waals surface area contributed by atoms with Gasteiger partial charge >= 0.3 is 0 Å². The average molecular weight is 284 g/mol. The minimum atomic E-state index is -0.393. The van der Waals surface area contributed by atoms with Crippen LogP contribution in [0, 0.1) is 10.1 Å². The van der Waals surface area contributed by atoms with Crippen molar-refractivity contribution in [2.45, 2.75) is 19.3 Å². The molecule has 1 aliphatic rings. The molecule has 1 saturated heterocycles. The molecule has 108 valence electrons. The standard InChI is InChI=1S/C15H16N4O2/c20-19(21)13-6-4-5-12(11-13)14-7-8-16-15(17-14)18-9-2-1-3-10-18/h4-8,11H,1-3,9-10H2. The first-order chi connectivity index (χ1) is 10.2. The van der Waals surface area contributed by atoms with Gasteiger partial charge in [0.05, 0.1) is 10.6 Å². The van der Waals surface area contributed by atoms with Gasteiger partial charge in [0, 0.05) is 37.0 Å². The van der Waals surface area contributed by atoms with Crippen LogP contribution in [0.3, 0.4) is 0 Å². The molecule has 0 N–H and O–H groups in total. The highest BCUT2D eigenvalue weighted by Crippen LogP contribution is 2.24. The smallest absolute Gasteiger partial charge is 0.270 e. The number of benzene rings is 1. The number of rotatable bonds is 3. The number of piperidine rings is 1. The Labute approximate surface area is 122 Å². The number of anilines is 1. The first kappa shape index (κ1) is 13.5. The normalized spacial score (nSPS) is 15.0. The maximum atomic E-state index is 10.9. The lowest BCUT2D eigenvalue weighted by atomic mass is 10.1. The SMILES string of the molecule is O=[N+]([O-])c1cccc(-c2ccnc(N3CCCCC3)n2)c1. The first-order valence-electron chi connectivity index (χ1n) is 7.07. The molecule has 6 nitrogen and oxygen atoms in total. The van der Waals surface area contributed by atoms with Crippen molar-refractivity contribution in [2.24, 2.45) is 0 Å². The minimum absolute atomic E-state index is 0.0747. The lowest BCUT2D eigenvalue weighted by Gasteiger charge is -2.26. The van der Waals surface area contributed by atoms with Gasteiger partial charge in [-0.3, -0.25) is 10.1 Å². The van der Waals surface area contributed by atoms with Crippen molar-refractivity contribution in [3.8, 4) is 11.3 Å². The van der Waals surface area contributed by atoms with Crippen LogP contribution in [0.2, 0.25) is 0 Å². The fourth-order valence-corrected chi connectivity index (χ4v) is 2.53. The number of non-ortho nitro benzene ring substituents is 1. The predicted octanol–water partition coefficient (Wildman–Crippen LogP) is 3.04. The first-order valence-corrected chi connectivity index (χ1v) is 7.07. The molecule has 0 amide bonds. The summed E-state index contributed by atoms with van der Waals surface area (Å²) in [6.45, 7) is 1.94. The van der Waals surface area contributed by atoms with Crippen LogP contribution in [0.5, 0.6) is 0 Å². The van der Waals surface area contributed by atoms with Gasteiger partial charge in [0.15, 0.2) is 0 Å². The molecule has 1 fully saturated rings. The average Bonchev–Trinajstić information content (AvgIpc) is 2.56. The number of nitrogens with zero attached hydrogens (tertiary/aromatic N) is 4. The van der Waals surface area contributed by atoms with Crippen molar-refractivity contribution in [2.75, 3.05) is 18.0 Å². The maximum Gasteiger partial charge on any atom is 0.270 e. The van der Waals surface area contributed by atoms with Gasteiger partial charge in [0.2, 0.25) is 5.95 Å². The van der Waals surface area contributed by atoms with Crippen LogP contribution in [-0.2, 0) is 0 Å². The molecule has 2 aromatic rings. The number of nitro groups is 1. The van der Waals surface area contributed by atoms with Gasteiger partial charge in [-0.2, -0.15) is 0 Å². The summed E-state index contributed by atoms with van der Waals surface area (Å²) in [5, 5.41) is 10.9. The molecule has 0 bridgehead atoms. The van der Waals surface area contributed by atoms with Gasteiger partial charge < -0.3 is 4.90 Å². The lowest BCUT2D eigenvalue weighted by Crippen LogP contribution is -2.30. The summed E-state index contributed by atoms with van der Waals surface area (Å²) in [4.78, 5) is 21.5. The van der Waals surface area contributed by atoms with Crippen molar-refractivity contribution in [1.82, 2.24) is 9.97 Å². The second-order valence-electron chi connectivity index (χ2n) is 5.10. The van der Waals surface area contributed by atoms with Crippen molar-refractivity contribution in [3.63, 3.8) is 0 Å². The molecule has 1 aliphatic heterocycles. The highest BCUT2D eigenvalue weighted by Gasteiger charge is 2.14. The van der Waals surface area contributed by atoms with Crippen molar-refractivity contribution < 1.29 is 4.92 Å². The Balaban J connectivity index is 1.92. The van der Waals surface area contributed by atoms with E-state index in [4.69, 9.17) is 0 Å². The second-order valence-corrected chi connectivity index (χ2v) is 5.10. The Bertz CT molecular complexity index is 654. The van der Waals surface area contributed by atoms with Crippen LogP contribution in [0.15, 0.2) is 36.5 Å². The Morgan fingerprint density at radius 2 is 1.95 bits per heavy atom. The fraction of sp³-hybridized carbons (Fsp3) is 0.333. The summed E-state index contributed by atoms with van der Waals surface area (Å²) in [7, 11) is 0. The van der Waals surface area contributed by atoms with Gasteiger partial charge in [0.25, 0.3) is 5.69 Å². The summed E-state index contributed by atoms with van der Waals surface area (Å²) in [6.07, 6.45) is 5.28. The summed E-state index contributed by atoms with van der Waals surface area (Å²) in [5.41, 5.74) is 1.53. The molecular formula is C15H16N4O2. The number of hydrogen-bond acceptors (Lipinski definition) is 5. The van der Waals surface area contributed by atoms with E-state index in [0.717, 1.165) is 31.5 Å². The van der Waals surface area contributed by atoms with E-state index in [1.165, 1.54) is 12.5 Å². The topological polar surface area (TPSA) is 72.2 Å². The van der Waals surface area contributed by atoms with Gasteiger partial charge in [-0.05, 0) is 25.3 Å². The van der Waals surface area contributed by atoms with Crippen LogP contribution >= 0.6 is 0 Å². The van der Waals surface area contributed by atoms with Gasteiger partial charge in [-0.1, -0.05) is 12.1 Å². The summed E-state index contributed by atoms with van der Waals surface area (Å²) >= 11 is 0. The van der Waals surface area contributed by atoms with E-state index in [2.05, 4.69) is 14.9 Å². The van der Waals surface area contributed by atoms with E-state index in [0.29, 0.717) is 11.6 Å². The van der Waals surface area contributed by atoms with Crippen molar-refractivity contribution >= 4 is 11.6 Å². The molecule has 1 aromatic carbocycles. The Hall–Kier alpha value is -2.50. The van der Waals surface area contributed by atoms with Gasteiger partial charge in [-0.25, -0.2) is 9.97 Å². The zero-order valence-corrected chi connectivity index (χ0v) is 11.6. The largest absolute Gasteiger partial charge is 0.341 e. The molecule has 2 heterocycles. The zero-order chi connectivity index (χ0) is 14.7. The zero-order valence-electron chi connectivity index (χ0n) is 11.6. The van der Waals surface area contributed by atoms with Crippen LogP contribution < -0.4 is 4.90 Å². The minimum Gasteiger partial charge on any atom is -0.341 e. The third kappa shape index (κ3) is 2.99. The molecule has 6 heteroatoms. The van der Waals surface area contributed by atoms with Crippen molar-refractivity contribution in [3.05, 3.63) is 46.6 Å². The van der Waals surface area contributed by atoms with E-state index in [9.17, 15) is 10.1 Å². The quantitative estimate of drug-likeness (QED) is 0.640. The number of hydrogen-bond donors (Lipinski definition) is 0. The van der Waals surface area contributed by atoms with Gasteiger partial charge in [-0.15, -0.1) is 0 Å². The highest BCUT2D eigenvalue weighted by molar-refractivity contribution is 5.63. The molecule has 0 unspecified atom stereocenters. The van der Waals surface area contributed by atoms with E-state index < -0.39 is 4.92 Å². The fourth-order valence-electron chi connectivity index (χ4n) is 2.53. The molecule has 0 radical (unpaired) electrons. The predicted molar refractivity (Wildman–Crippen MR) is 80.2 cm³/mol. The second kappa shape index (κ2) is 5.87. The molecule has 21 heavy (non-hydrogen) atoms. The monoisotopic (exact) mass is 284 g/mol. The molecule has 0 atom stereocenters. The Kier molecular flexibility index (Phi) is 3.77. The molecule has 1 aromatic heterocycles. The molecule has 0 saturated carbocycles. The third-order valence-electron chi connectivity index (χ3n) is 3.63. The van der Waals surface area contributed by atoms with Crippen LogP contribution in [0.4, 0.5) is 11.6 Å². The van der Waals surface area contributed by atoms with Crippen LogP contribution in [0.1, 0.15) is 19.3 Å². The van der Waals surface area contributed by atoms with Crippen LogP contribution in [0.25, 0.3) is 11.3 Å². The Morgan fingerprint density at radius 1 is 1.14 bits per heavy atom. The van der Waals surface area contributed by atoms with E-state index in [1.54, 1.807) is 24.4 Å². The third-order valence-corrected chi connectivity index (χ3v) is 3.63. The van der Waals surface area contributed by atoms with E-state index >= 15 is 0 Å². The van der Waals surface area contributed by atoms with E-state index in [-0.39, 0.29) is 5.69 Å². The van der Waals surface area contributed by atoms with Crippen LogP contribution in [-0.4, -0.2) is 28.0 Å². The van der Waals surface area contributed by atoms with Gasteiger partial charge in [0.1, 0.15) is 0 Å².